The van der Waals surface area contributed by atoms with Gasteiger partial charge in [-0.05, 0) is 26.2 Å². The van der Waals surface area contributed by atoms with E-state index in [2.05, 4.69) is 5.10 Å². The summed E-state index contributed by atoms with van der Waals surface area (Å²) in [6, 6.07) is 0.422. The summed E-state index contributed by atoms with van der Waals surface area (Å²) in [6.07, 6.45) is 3.88. The third-order valence-corrected chi connectivity index (χ3v) is 2.41. The van der Waals surface area contributed by atoms with Crippen LogP contribution in [0.25, 0.3) is 0 Å². The van der Waals surface area contributed by atoms with E-state index in [0.29, 0.717) is 12.5 Å². The van der Waals surface area contributed by atoms with Crippen molar-refractivity contribution in [2.75, 3.05) is 0 Å². The second-order valence-corrected chi connectivity index (χ2v) is 3.30. The SMILES string of the molecule is CC1=NN2C(=O)CCC2CC1. The van der Waals surface area contributed by atoms with Crippen LogP contribution in [0.5, 0.6) is 0 Å². The maximum Gasteiger partial charge on any atom is 0.242 e. The minimum absolute atomic E-state index is 0.203. The predicted octanol–water partition coefficient (Wildman–Crippen LogP) is 1.15. The molecule has 1 atom stereocenters. The van der Waals surface area contributed by atoms with Crippen molar-refractivity contribution >= 4 is 11.6 Å². The Labute approximate surface area is 66.1 Å². The molecule has 2 rings (SSSR count). The molecule has 11 heavy (non-hydrogen) atoms. The van der Waals surface area contributed by atoms with E-state index >= 15 is 0 Å². The molecule has 0 aliphatic carbocycles. The Bertz CT molecular complexity index is 222. The largest absolute Gasteiger partial charge is 0.273 e. The highest BCUT2D eigenvalue weighted by atomic mass is 16.2. The summed E-state index contributed by atoms with van der Waals surface area (Å²) < 4.78 is 0. The van der Waals surface area contributed by atoms with E-state index in [1.807, 2.05) is 6.92 Å². The van der Waals surface area contributed by atoms with E-state index in [1.165, 1.54) is 0 Å². The lowest BCUT2D eigenvalue weighted by atomic mass is 10.1. The lowest BCUT2D eigenvalue weighted by Crippen LogP contribution is -2.32. The maximum absolute atomic E-state index is 11.2. The molecule has 0 saturated carbocycles. The lowest BCUT2D eigenvalue weighted by molar-refractivity contribution is -0.129. The third kappa shape index (κ3) is 1.04. The summed E-state index contributed by atoms with van der Waals surface area (Å²) in [7, 11) is 0. The van der Waals surface area contributed by atoms with Gasteiger partial charge in [0, 0.05) is 12.1 Å². The van der Waals surface area contributed by atoms with Gasteiger partial charge in [-0.15, -0.1) is 0 Å². The molecule has 60 valence electrons. The summed E-state index contributed by atoms with van der Waals surface area (Å²) in [5.41, 5.74) is 1.09. The topological polar surface area (TPSA) is 32.7 Å². The van der Waals surface area contributed by atoms with Gasteiger partial charge in [-0.2, -0.15) is 5.10 Å². The first-order chi connectivity index (χ1) is 5.27. The molecule has 0 bridgehead atoms. The molecule has 1 unspecified atom stereocenters. The summed E-state index contributed by atoms with van der Waals surface area (Å²) in [5, 5.41) is 5.91. The molecule has 1 saturated heterocycles. The predicted molar refractivity (Wildman–Crippen MR) is 42.2 cm³/mol. The number of hydrogen-bond donors (Lipinski definition) is 0. The van der Waals surface area contributed by atoms with Crippen LogP contribution >= 0.6 is 0 Å². The zero-order valence-electron chi connectivity index (χ0n) is 6.71. The second kappa shape index (κ2) is 2.32. The van der Waals surface area contributed by atoms with Gasteiger partial charge in [-0.25, -0.2) is 5.01 Å². The van der Waals surface area contributed by atoms with Crippen LogP contribution in [0.15, 0.2) is 5.10 Å². The van der Waals surface area contributed by atoms with Gasteiger partial charge < -0.3 is 0 Å². The summed E-state index contributed by atoms with van der Waals surface area (Å²) in [6.45, 7) is 1.99. The number of hydrogen-bond acceptors (Lipinski definition) is 2. The average Bonchev–Trinajstić information content (AvgIpc) is 2.33. The van der Waals surface area contributed by atoms with Crippen LogP contribution < -0.4 is 0 Å². The Hall–Kier alpha value is -0.860. The van der Waals surface area contributed by atoms with Crippen molar-refractivity contribution in [1.82, 2.24) is 5.01 Å². The maximum atomic E-state index is 11.2. The first kappa shape index (κ1) is 6.83. The number of fused-ring (bicyclic) bond motifs is 1. The molecular weight excluding hydrogens is 140 g/mol. The van der Waals surface area contributed by atoms with E-state index in [-0.39, 0.29) is 5.91 Å². The number of hydrazone groups is 1. The van der Waals surface area contributed by atoms with Gasteiger partial charge in [-0.1, -0.05) is 0 Å². The van der Waals surface area contributed by atoms with Crippen molar-refractivity contribution in [3.63, 3.8) is 0 Å². The molecule has 0 radical (unpaired) electrons. The highest BCUT2D eigenvalue weighted by Crippen LogP contribution is 2.26. The zero-order chi connectivity index (χ0) is 7.84. The Morgan fingerprint density at radius 2 is 2.18 bits per heavy atom. The molecule has 0 aromatic heterocycles. The van der Waals surface area contributed by atoms with Gasteiger partial charge in [-0.3, -0.25) is 4.79 Å². The first-order valence-corrected chi connectivity index (χ1v) is 4.13. The fraction of sp³-hybridized carbons (Fsp3) is 0.750. The number of amides is 1. The van der Waals surface area contributed by atoms with Crippen molar-refractivity contribution in [2.24, 2.45) is 5.10 Å². The fourth-order valence-corrected chi connectivity index (χ4v) is 1.74. The zero-order valence-corrected chi connectivity index (χ0v) is 6.71. The van der Waals surface area contributed by atoms with E-state index in [4.69, 9.17) is 0 Å². The van der Waals surface area contributed by atoms with E-state index < -0.39 is 0 Å². The minimum atomic E-state index is 0.203. The number of carbonyl (C=O) groups is 1. The molecule has 1 fully saturated rings. The third-order valence-electron chi connectivity index (χ3n) is 2.41. The van der Waals surface area contributed by atoms with Crippen LogP contribution in [0.4, 0.5) is 0 Å². The summed E-state index contributed by atoms with van der Waals surface area (Å²) >= 11 is 0. The van der Waals surface area contributed by atoms with Crippen molar-refractivity contribution in [2.45, 2.75) is 38.6 Å². The smallest absolute Gasteiger partial charge is 0.242 e. The molecular formula is C8H12N2O. The van der Waals surface area contributed by atoms with E-state index in [9.17, 15) is 4.79 Å². The highest BCUT2D eigenvalue weighted by molar-refractivity contribution is 5.86. The monoisotopic (exact) mass is 152 g/mol. The lowest BCUT2D eigenvalue weighted by Gasteiger charge is -2.24. The Morgan fingerprint density at radius 3 is 3.00 bits per heavy atom. The Kier molecular flexibility index (Phi) is 1.44. The standard InChI is InChI=1S/C8H12N2O/c1-6-2-3-7-4-5-8(11)10(7)9-6/h7H,2-5H2,1H3. The fourth-order valence-electron chi connectivity index (χ4n) is 1.74. The van der Waals surface area contributed by atoms with Gasteiger partial charge in [0.2, 0.25) is 5.91 Å². The molecule has 2 heterocycles. The van der Waals surface area contributed by atoms with Crippen LogP contribution in [-0.2, 0) is 4.79 Å². The van der Waals surface area contributed by atoms with Gasteiger partial charge in [0.05, 0.1) is 6.04 Å². The van der Waals surface area contributed by atoms with E-state index in [1.54, 1.807) is 5.01 Å². The first-order valence-electron chi connectivity index (χ1n) is 4.13. The summed E-state index contributed by atoms with van der Waals surface area (Å²) in [5.74, 6) is 0.203. The molecule has 0 spiro atoms. The molecule has 0 N–H and O–H groups in total. The molecule has 2 aliphatic rings. The number of nitrogens with zero attached hydrogens (tertiary/aromatic N) is 2. The minimum Gasteiger partial charge on any atom is -0.273 e. The number of rotatable bonds is 0. The average molecular weight is 152 g/mol. The van der Waals surface area contributed by atoms with Crippen LogP contribution in [-0.4, -0.2) is 22.7 Å². The quantitative estimate of drug-likeness (QED) is 0.512. The molecule has 0 aromatic rings. The second-order valence-electron chi connectivity index (χ2n) is 3.30. The Morgan fingerprint density at radius 1 is 1.45 bits per heavy atom. The van der Waals surface area contributed by atoms with Crippen molar-refractivity contribution in [1.29, 1.82) is 0 Å². The molecule has 0 aromatic carbocycles. The van der Waals surface area contributed by atoms with E-state index in [0.717, 1.165) is 25.0 Å². The number of carbonyl (C=O) groups excluding carboxylic acids is 1. The normalized spacial score (nSPS) is 30.3. The van der Waals surface area contributed by atoms with Crippen LogP contribution in [0.1, 0.15) is 32.6 Å². The molecule has 2 aliphatic heterocycles. The van der Waals surface area contributed by atoms with Gasteiger partial charge >= 0.3 is 0 Å². The highest BCUT2D eigenvalue weighted by Gasteiger charge is 2.32. The Balaban J connectivity index is 2.23. The molecule has 3 nitrogen and oxygen atoms in total. The molecule has 3 heteroatoms. The van der Waals surface area contributed by atoms with Gasteiger partial charge in [0.25, 0.3) is 0 Å². The van der Waals surface area contributed by atoms with Crippen molar-refractivity contribution in [3.8, 4) is 0 Å². The van der Waals surface area contributed by atoms with Crippen molar-refractivity contribution < 1.29 is 4.79 Å². The van der Waals surface area contributed by atoms with Gasteiger partial charge in [0.1, 0.15) is 0 Å². The van der Waals surface area contributed by atoms with Crippen molar-refractivity contribution in [3.05, 3.63) is 0 Å². The molecule has 1 amide bonds. The van der Waals surface area contributed by atoms with Gasteiger partial charge in [0.15, 0.2) is 0 Å². The van der Waals surface area contributed by atoms with Crippen LogP contribution in [0, 0.1) is 0 Å². The van der Waals surface area contributed by atoms with Crippen LogP contribution in [0.2, 0.25) is 0 Å². The van der Waals surface area contributed by atoms with Crippen LogP contribution in [0.3, 0.4) is 0 Å². The summed E-state index contributed by atoms with van der Waals surface area (Å²) in [4.78, 5) is 11.2.